The third kappa shape index (κ3) is 7.42. The SMILES string of the molecule is O=C=NCCCCc1ccc(CCCCN=C=O)cc1. The molecule has 0 bridgehead atoms. The summed E-state index contributed by atoms with van der Waals surface area (Å²) >= 11 is 0. The van der Waals surface area contributed by atoms with Crippen molar-refractivity contribution < 1.29 is 9.59 Å². The van der Waals surface area contributed by atoms with Crippen molar-refractivity contribution in [3.63, 3.8) is 0 Å². The average Bonchev–Trinajstić information content (AvgIpc) is 2.48. The maximum Gasteiger partial charge on any atom is 0.234 e. The van der Waals surface area contributed by atoms with Crippen LogP contribution in [0.1, 0.15) is 36.8 Å². The standard InChI is InChI=1S/C16H20N2O2/c19-13-17-11-3-1-5-15-7-9-16(10-8-15)6-2-4-12-18-14-20/h7-10H,1-6,11-12H2. The van der Waals surface area contributed by atoms with E-state index in [-0.39, 0.29) is 0 Å². The Kier molecular flexibility index (Phi) is 8.71. The minimum Gasteiger partial charge on any atom is -0.211 e. The van der Waals surface area contributed by atoms with Gasteiger partial charge in [-0.2, -0.15) is 0 Å². The molecule has 4 heteroatoms. The van der Waals surface area contributed by atoms with Crippen LogP contribution in [0.15, 0.2) is 34.3 Å². The molecule has 0 fully saturated rings. The van der Waals surface area contributed by atoms with E-state index in [1.165, 1.54) is 11.1 Å². The van der Waals surface area contributed by atoms with Gasteiger partial charge in [0, 0.05) is 0 Å². The van der Waals surface area contributed by atoms with Crippen molar-refractivity contribution >= 4 is 12.2 Å². The first kappa shape index (κ1) is 16.0. The van der Waals surface area contributed by atoms with E-state index in [2.05, 4.69) is 34.3 Å². The van der Waals surface area contributed by atoms with Crippen LogP contribution in [-0.4, -0.2) is 25.2 Å². The number of aryl methyl sites for hydroxylation is 2. The summed E-state index contributed by atoms with van der Waals surface area (Å²) in [6.45, 7) is 1.15. The van der Waals surface area contributed by atoms with E-state index in [9.17, 15) is 9.59 Å². The number of benzene rings is 1. The van der Waals surface area contributed by atoms with Crippen molar-refractivity contribution in [3.8, 4) is 0 Å². The fourth-order valence-electron chi connectivity index (χ4n) is 2.00. The summed E-state index contributed by atoms with van der Waals surface area (Å²) in [6, 6.07) is 8.62. The second kappa shape index (κ2) is 10.9. The van der Waals surface area contributed by atoms with Gasteiger partial charge < -0.3 is 0 Å². The minimum absolute atomic E-state index is 0.574. The van der Waals surface area contributed by atoms with Gasteiger partial charge in [-0.15, -0.1) is 0 Å². The number of aliphatic imine (C=N–C) groups is 2. The van der Waals surface area contributed by atoms with Crippen LogP contribution < -0.4 is 0 Å². The molecule has 0 heterocycles. The number of rotatable bonds is 10. The zero-order valence-corrected chi connectivity index (χ0v) is 11.7. The molecule has 0 amide bonds. The number of unbranched alkanes of at least 4 members (excludes halogenated alkanes) is 2. The Labute approximate surface area is 119 Å². The van der Waals surface area contributed by atoms with E-state index in [0.29, 0.717) is 13.1 Å². The third-order valence-corrected chi connectivity index (χ3v) is 3.12. The lowest BCUT2D eigenvalue weighted by atomic mass is 10.0. The predicted octanol–water partition coefficient (Wildman–Crippen LogP) is 3.00. The first-order valence-electron chi connectivity index (χ1n) is 7.02. The Morgan fingerprint density at radius 2 is 1.10 bits per heavy atom. The van der Waals surface area contributed by atoms with Gasteiger partial charge in [-0.25, -0.2) is 19.6 Å². The fraction of sp³-hybridized carbons (Fsp3) is 0.500. The quantitative estimate of drug-likeness (QED) is 0.373. The van der Waals surface area contributed by atoms with Gasteiger partial charge in [-0.1, -0.05) is 24.3 Å². The maximum absolute atomic E-state index is 9.90. The molecule has 0 radical (unpaired) electrons. The minimum atomic E-state index is 0.574. The molecule has 0 aliphatic rings. The summed E-state index contributed by atoms with van der Waals surface area (Å²) in [5, 5.41) is 0. The molecule has 0 saturated heterocycles. The molecule has 0 aliphatic carbocycles. The molecule has 0 spiro atoms. The summed E-state index contributed by atoms with van der Waals surface area (Å²) in [5.41, 5.74) is 2.63. The number of nitrogens with zero attached hydrogens (tertiary/aromatic N) is 2. The van der Waals surface area contributed by atoms with Gasteiger partial charge in [0.25, 0.3) is 0 Å². The largest absolute Gasteiger partial charge is 0.234 e. The van der Waals surface area contributed by atoms with Gasteiger partial charge in [0.05, 0.1) is 13.1 Å². The van der Waals surface area contributed by atoms with Crippen molar-refractivity contribution in [3.05, 3.63) is 35.4 Å². The zero-order chi connectivity index (χ0) is 14.5. The topological polar surface area (TPSA) is 58.9 Å². The molecular weight excluding hydrogens is 252 g/mol. The van der Waals surface area contributed by atoms with E-state index in [1.54, 1.807) is 12.2 Å². The van der Waals surface area contributed by atoms with E-state index in [0.717, 1.165) is 38.5 Å². The molecular formula is C16H20N2O2. The van der Waals surface area contributed by atoms with Crippen LogP contribution in [-0.2, 0) is 22.4 Å². The van der Waals surface area contributed by atoms with Gasteiger partial charge in [-0.05, 0) is 49.7 Å². The lowest BCUT2D eigenvalue weighted by Crippen LogP contribution is -1.91. The molecule has 0 aromatic heterocycles. The average molecular weight is 272 g/mol. The van der Waals surface area contributed by atoms with Crippen molar-refractivity contribution in [1.29, 1.82) is 0 Å². The van der Waals surface area contributed by atoms with Crippen molar-refractivity contribution in [1.82, 2.24) is 0 Å². The van der Waals surface area contributed by atoms with Crippen LogP contribution in [0, 0.1) is 0 Å². The summed E-state index contributed by atoms with van der Waals surface area (Å²) in [6.07, 6.45) is 9.06. The molecule has 1 aromatic rings. The molecule has 0 unspecified atom stereocenters. The molecule has 0 saturated carbocycles. The van der Waals surface area contributed by atoms with E-state index < -0.39 is 0 Å². The number of isocyanates is 2. The molecule has 0 N–H and O–H groups in total. The van der Waals surface area contributed by atoms with Crippen LogP contribution in [0.25, 0.3) is 0 Å². The fourth-order valence-corrected chi connectivity index (χ4v) is 2.00. The third-order valence-electron chi connectivity index (χ3n) is 3.12. The number of carbonyl (C=O) groups excluding carboxylic acids is 2. The van der Waals surface area contributed by atoms with Crippen LogP contribution in [0.5, 0.6) is 0 Å². The van der Waals surface area contributed by atoms with Crippen LogP contribution in [0.3, 0.4) is 0 Å². The summed E-state index contributed by atoms with van der Waals surface area (Å²) < 4.78 is 0. The summed E-state index contributed by atoms with van der Waals surface area (Å²) in [5.74, 6) is 0. The van der Waals surface area contributed by atoms with E-state index in [1.807, 2.05) is 0 Å². The smallest absolute Gasteiger partial charge is 0.211 e. The second-order valence-electron chi connectivity index (χ2n) is 4.68. The Morgan fingerprint density at radius 3 is 1.45 bits per heavy atom. The summed E-state index contributed by atoms with van der Waals surface area (Å²) in [4.78, 5) is 26.9. The monoisotopic (exact) mass is 272 g/mol. The molecule has 106 valence electrons. The molecule has 1 rings (SSSR count). The highest BCUT2D eigenvalue weighted by atomic mass is 16.1. The first-order valence-corrected chi connectivity index (χ1v) is 7.02. The highest BCUT2D eigenvalue weighted by Gasteiger charge is 1.96. The van der Waals surface area contributed by atoms with E-state index in [4.69, 9.17) is 0 Å². The Morgan fingerprint density at radius 1 is 0.700 bits per heavy atom. The molecule has 20 heavy (non-hydrogen) atoms. The van der Waals surface area contributed by atoms with Crippen molar-refractivity contribution in [2.75, 3.05) is 13.1 Å². The highest BCUT2D eigenvalue weighted by Crippen LogP contribution is 2.10. The van der Waals surface area contributed by atoms with Crippen LogP contribution in [0.4, 0.5) is 0 Å². The lowest BCUT2D eigenvalue weighted by molar-refractivity contribution is 0.561. The van der Waals surface area contributed by atoms with Crippen molar-refractivity contribution in [2.24, 2.45) is 9.98 Å². The van der Waals surface area contributed by atoms with Gasteiger partial charge in [0.1, 0.15) is 0 Å². The Bertz CT molecular complexity index is 425. The maximum atomic E-state index is 9.90. The lowest BCUT2D eigenvalue weighted by Gasteiger charge is -2.03. The van der Waals surface area contributed by atoms with Crippen molar-refractivity contribution in [2.45, 2.75) is 38.5 Å². The predicted molar refractivity (Wildman–Crippen MR) is 78.3 cm³/mol. The highest BCUT2D eigenvalue weighted by molar-refractivity contribution is 5.33. The zero-order valence-electron chi connectivity index (χ0n) is 11.7. The van der Waals surface area contributed by atoms with Gasteiger partial charge >= 0.3 is 0 Å². The molecule has 0 atom stereocenters. The van der Waals surface area contributed by atoms with E-state index >= 15 is 0 Å². The van der Waals surface area contributed by atoms with Crippen LogP contribution in [0.2, 0.25) is 0 Å². The molecule has 0 aliphatic heterocycles. The first-order chi connectivity index (χ1) is 9.86. The summed E-state index contributed by atoms with van der Waals surface area (Å²) in [7, 11) is 0. The second-order valence-corrected chi connectivity index (χ2v) is 4.68. The normalized spacial score (nSPS) is 9.60. The van der Waals surface area contributed by atoms with Gasteiger partial charge in [0.15, 0.2) is 0 Å². The number of hydrogen-bond acceptors (Lipinski definition) is 4. The van der Waals surface area contributed by atoms with Crippen LogP contribution >= 0.6 is 0 Å². The number of hydrogen-bond donors (Lipinski definition) is 0. The van der Waals surface area contributed by atoms with Gasteiger partial charge in [0.2, 0.25) is 12.2 Å². The molecule has 4 nitrogen and oxygen atoms in total. The molecule has 1 aromatic carbocycles. The Balaban J connectivity index is 2.22. The van der Waals surface area contributed by atoms with Gasteiger partial charge in [-0.3, -0.25) is 0 Å². The Hall–Kier alpha value is -2.02.